The first-order chi connectivity index (χ1) is 16.5. The average molecular weight is 494 g/mol. The van der Waals surface area contributed by atoms with Crippen LogP contribution in [0.25, 0.3) is 0 Å². The van der Waals surface area contributed by atoms with E-state index >= 15 is 0 Å². The Hall–Kier alpha value is -3.51. The number of amides is 3. The molecule has 4 atom stereocenters. The lowest BCUT2D eigenvalue weighted by atomic mass is 10.0. The fourth-order valence-corrected chi connectivity index (χ4v) is 3.19. The van der Waals surface area contributed by atoms with Gasteiger partial charge in [-0.15, -0.1) is 0 Å². The normalized spacial score (nSPS) is 14.1. The summed E-state index contributed by atoms with van der Waals surface area (Å²) >= 11 is 0. The molecule has 1 rings (SSSR count). The molecule has 3 amide bonds. The van der Waals surface area contributed by atoms with E-state index in [1.54, 1.807) is 24.3 Å². The second-order valence-electron chi connectivity index (χ2n) is 8.20. The molecule has 0 aliphatic carbocycles. The Morgan fingerprint density at radius 1 is 0.857 bits per heavy atom. The highest BCUT2D eigenvalue weighted by Gasteiger charge is 2.29. The number of carbonyl (C=O) groups is 5. The molecule has 0 aliphatic heterocycles. The highest BCUT2D eigenvalue weighted by molar-refractivity contribution is 5.94. The zero-order valence-electron chi connectivity index (χ0n) is 19.7. The molecule has 194 valence electrons. The van der Waals surface area contributed by atoms with Crippen LogP contribution in [-0.4, -0.2) is 70.6 Å². The first-order valence-electron chi connectivity index (χ1n) is 11.4. The van der Waals surface area contributed by atoms with Crippen molar-refractivity contribution in [2.75, 3.05) is 6.54 Å². The third-order valence-electron chi connectivity index (χ3n) is 5.22. The van der Waals surface area contributed by atoms with Crippen molar-refractivity contribution in [3.05, 3.63) is 35.9 Å². The van der Waals surface area contributed by atoms with Crippen molar-refractivity contribution in [2.24, 2.45) is 11.5 Å². The highest BCUT2D eigenvalue weighted by Crippen LogP contribution is 2.07. The summed E-state index contributed by atoms with van der Waals surface area (Å²) in [5, 5.41) is 25.4. The van der Waals surface area contributed by atoms with E-state index in [9.17, 15) is 24.0 Å². The van der Waals surface area contributed by atoms with Gasteiger partial charge in [-0.2, -0.15) is 0 Å². The molecule has 12 heteroatoms. The largest absolute Gasteiger partial charge is 0.481 e. The Morgan fingerprint density at radius 2 is 1.43 bits per heavy atom. The van der Waals surface area contributed by atoms with E-state index in [-0.39, 0.29) is 19.3 Å². The summed E-state index contributed by atoms with van der Waals surface area (Å²) in [5.41, 5.74) is 12.3. The van der Waals surface area contributed by atoms with Crippen LogP contribution in [0.3, 0.4) is 0 Å². The molecule has 0 spiro atoms. The second kappa shape index (κ2) is 15.4. The van der Waals surface area contributed by atoms with Gasteiger partial charge in [0, 0.05) is 6.42 Å². The van der Waals surface area contributed by atoms with Crippen LogP contribution in [0.15, 0.2) is 30.3 Å². The molecule has 0 saturated carbocycles. The van der Waals surface area contributed by atoms with Crippen molar-refractivity contribution in [1.29, 1.82) is 0 Å². The van der Waals surface area contributed by atoms with Crippen LogP contribution in [-0.2, 0) is 30.4 Å². The summed E-state index contributed by atoms with van der Waals surface area (Å²) in [7, 11) is 0. The maximum atomic E-state index is 13.0. The Morgan fingerprint density at radius 3 is 2.00 bits per heavy atom. The molecule has 0 bridgehead atoms. The standard InChI is InChI=1S/C23H35N5O7/c1-14(23(34)35)26-21(32)17(9-5-6-12-24)28-22(33)18(10-11-19(29)30)27-20(31)16(25)13-15-7-3-2-4-8-15/h2-4,7-8,14,16-18H,5-6,9-13,24-25H2,1H3,(H,26,32)(H,27,31)(H,28,33)(H,29,30)(H,34,35). The van der Waals surface area contributed by atoms with Crippen molar-refractivity contribution in [1.82, 2.24) is 16.0 Å². The molecule has 12 nitrogen and oxygen atoms in total. The molecule has 0 radical (unpaired) electrons. The minimum atomic E-state index is -1.26. The zero-order valence-corrected chi connectivity index (χ0v) is 19.7. The predicted molar refractivity (Wildman–Crippen MR) is 127 cm³/mol. The summed E-state index contributed by atoms with van der Waals surface area (Å²) in [6.45, 7) is 1.65. The van der Waals surface area contributed by atoms with E-state index in [0.29, 0.717) is 19.4 Å². The molecule has 0 aliphatic rings. The van der Waals surface area contributed by atoms with E-state index in [4.69, 9.17) is 21.7 Å². The quantitative estimate of drug-likeness (QED) is 0.142. The van der Waals surface area contributed by atoms with Gasteiger partial charge in [0.05, 0.1) is 6.04 Å². The second-order valence-corrected chi connectivity index (χ2v) is 8.20. The lowest BCUT2D eigenvalue weighted by molar-refractivity contribution is -0.141. The maximum absolute atomic E-state index is 13.0. The van der Waals surface area contributed by atoms with E-state index < -0.39 is 60.2 Å². The van der Waals surface area contributed by atoms with Crippen molar-refractivity contribution in [3.8, 4) is 0 Å². The average Bonchev–Trinajstić information content (AvgIpc) is 2.81. The van der Waals surface area contributed by atoms with Gasteiger partial charge in [0.2, 0.25) is 17.7 Å². The smallest absolute Gasteiger partial charge is 0.325 e. The molecule has 1 aromatic carbocycles. The van der Waals surface area contributed by atoms with Crippen molar-refractivity contribution >= 4 is 29.7 Å². The van der Waals surface area contributed by atoms with E-state index in [2.05, 4.69) is 16.0 Å². The molecule has 0 aromatic heterocycles. The van der Waals surface area contributed by atoms with Crippen LogP contribution < -0.4 is 27.4 Å². The number of hydrogen-bond donors (Lipinski definition) is 7. The minimum Gasteiger partial charge on any atom is -0.481 e. The van der Waals surface area contributed by atoms with E-state index in [1.807, 2.05) is 6.07 Å². The summed E-state index contributed by atoms with van der Waals surface area (Å²) in [6.07, 6.45) is 0.789. The fraction of sp³-hybridized carbons (Fsp3) is 0.522. The number of unbranched alkanes of at least 4 members (excludes halogenated alkanes) is 1. The van der Waals surface area contributed by atoms with Crippen LogP contribution in [0, 0.1) is 0 Å². The fourth-order valence-electron chi connectivity index (χ4n) is 3.19. The van der Waals surface area contributed by atoms with Gasteiger partial charge in [-0.25, -0.2) is 0 Å². The molecule has 0 fully saturated rings. The SMILES string of the molecule is CC(NC(=O)C(CCCCN)NC(=O)C(CCC(=O)O)NC(=O)C(N)Cc1ccccc1)C(=O)O. The lowest BCUT2D eigenvalue weighted by Crippen LogP contribution is -2.57. The number of carbonyl (C=O) groups excluding carboxylic acids is 3. The number of carboxylic acids is 2. The topological polar surface area (TPSA) is 214 Å². The van der Waals surface area contributed by atoms with Gasteiger partial charge >= 0.3 is 11.9 Å². The molecular weight excluding hydrogens is 458 g/mol. The number of rotatable bonds is 16. The third kappa shape index (κ3) is 11.5. The van der Waals surface area contributed by atoms with Gasteiger partial charge in [0.1, 0.15) is 18.1 Å². The number of hydrogen-bond acceptors (Lipinski definition) is 7. The van der Waals surface area contributed by atoms with Crippen molar-refractivity contribution < 1.29 is 34.2 Å². The number of benzene rings is 1. The third-order valence-corrected chi connectivity index (χ3v) is 5.22. The van der Waals surface area contributed by atoms with Crippen molar-refractivity contribution in [2.45, 2.75) is 69.6 Å². The van der Waals surface area contributed by atoms with Gasteiger partial charge in [0.15, 0.2) is 0 Å². The summed E-state index contributed by atoms with van der Waals surface area (Å²) < 4.78 is 0. The number of aliphatic carboxylic acids is 2. The van der Waals surface area contributed by atoms with Crippen molar-refractivity contribution in [3.63, 3.8) is 0 Å². The molecule has 35 heavy (non-hydrogen) atoms. The Bertz CT molecular complexity index is 865. The Labute approximate surface area is 203 Å². The van der Waals surface area contributed by atoms with Crippen LogP contribution in [0.1, 0.15) is 44.6 Å². The van der Waals surface area contributed by atoms with Crippen LogP contribution >= 0.6 is 0 Å². The minimum absolute atomic E-state index is 0.175. The van der Waals surface area contributed by atoms with Gasteiger partial charge in [-0.1, -0.05) is 30.3 Å². The van der Waals surface area contributed by atoms with Gasteiger partial charge in [-0.05, 0) is 51.1 Å². The zero-order chi connectivity index (χ0) is 26.4. The first kappa shape index (κ1) is 29.5. The Kier molecular flexibility index (Phi) is 13.0. The lowest BCUT2D eigenvalue weighted by Gasteiger charge is -2.24. The van der Waals surface area contributed by atoms with Gasteiger partial charge in [0.25, 0.3) is 0 Å². The van der Waals surface area contributed by atoms with Gasteiger partial charge in [-0.3, -0.25) is 24.0 Å². The maximum Gasteiger partial charge on any atom is 0.325 e. The summed E-state index contributed by atoms with van der Waals surface area (Å²) in [6, 6.07) is 4.47. The summed E-state index contributed by atoms with van der Waals surface area (Å²) in [5.74, 6) is -4.55. The number of nitrogens with two attached hydrogens (primary N) is 2. The molecule has 0 saturated heterocycles. The summed E-state index contributed by atoms with van der Waals surface area (Å²) in [4.78, 5) is 60.3. The first-order valence-corrected chi connectivity index (χ1v) is 11.4. The van der Waals surface area contributed by atoms with Crippen LogP contribution in [0.5, 0.6) is 0 Å². The van der Waals surface area contributed by atoms with E-state index in [1.165, 1.54) is 6.92 Å². The predicted octanol–water partition coefficient (Wildman–Crippen LogP) is -0.891. The number of carboxylic acid groups (broad SMARTS) is 2. The van der Waals surface area contributed by atoms with E-state index in [0.717, 1.165) is 5.56 Å². The van der Waals surface area contributed by atoms with Gasteiger partial charge < -0.3 is 37.6 Å². The molecule has 9 N–H and O–H groups in total. The van der Waals surface area contributed by atoms with Crippen LogP contribution in [0.2, 0.25) is 0 Å². The number of nitrogens with one attached hydrogen (secondary N) is 3. The molecular formula is C23H35N5O7. The molecule has 1 aromatic rings. The molecule has 0 heterocycles. The monoisotopic (exact) mass is 493 g/mol. The highest BCUT2D eigenvalue weighted by atomic mass is 16.4. The molecule has 4 unspecified atom stereocenters. The van der Waals surface area contributed by atoms with Crippen LogP contribution in [0.4, 0.5) is 0 Å². The Balaban J connectivity index is 2.93.